The lowest BCUT2D eigenvalue weighted by atomic mass is 10.4. The minimum Gasteiger partial charge on any atom is -0.324 e. The van der Waals surface area contributed by atoms with E-state index < -0.39 is 0 Å². The molecular weight excluding hydrogens is 222 g/mol. The van der Waals surface area contributed by atoms with Gasteiger partial charge in [-0.15, -0.1) is 16.4 Å². The monoisotopic (exact) mass is 229 g/mol. The van der Waals surface area contributed by atoms with Crippen molar-refractivity contribution < 1.29 is 0 Å². The highest BCUT2D eigenvalue weighted by Crippen LogP contribution is 2.21. The van der Waals surface area contributed by atoms with Crippen LogP contribution in [-0.4, -0.2) is 20.2 Å². The molecule has 0 saturated heterocycles. The van der Waals surface area contributed by atoms with Gasteiger partial charge in [0.15, 0.2) is 5.82 Å². The molecule has 0 fully saturated rings. The predicted molar refractivity (Wildman–Crippen MR) is 54.1 cm³/mol. The van der Waals surface area contributed by atoms with E-state index in [0.717, 1.165) is 9.21 Å². The number of nitrogens with two attached hydrogens (primary N) is 1. The van der Waals surface area contributed by atoms with Gasteiger partial charge in [0.25, 0.3) is 0 Å². The van der Waals surface area contributed by atoms with Gasteiger partial charge in [-0.1, -0.05) is 11.6 Å². The van der Waals surface area contributed by atoms with Crippen LogP contribution >= 0.6 is 22.9 Å². The van der Waals surface area contributed by atoms with Crippen LogP contribution in [0.2, 0.25) is 4.34 Å². The number of rotatable bonds is 3. The topological polar surface area (TPSA) is 69.6 Å². The molecule has 5 nitrogen and oxygen atoms in total. The molecule has 14 heavy (non-hydrogen) atoms. The molecule has 0 radical (unpaired) electrons. The summed E-state index contributed by atoms with van der Waals surface area (Å²) in [5.74, 6) is 0.675. The quantitative estimate of drug-likeness (QED) is 0.849. The van der Waals surface area contributed by atoms with Crippen LogP contribution in [-0.2, 0) is 13.1 Å². The summed E-state index contributed by atoms with van der Waals surface area (Å²) in [6.07, 6.45) is 0. The Morgan fingerprint density at radius 3 is 3.00 bits per heavy atom. The maximum Gasteiger partial charge on any atom is 0.165 e. The lowest BCUT2D eigenvalue weighted by Crippen LogP contribution is -2.09. The number of tetrazole rings is 1. The Balaban J connectivity index is 2.18. The van der Waals surface area contributed by atoms with Crippen LogP contribution in [0.4, 0.5) is 0 Å². The van der Waals surface area contributed by atoms with Crippen LogP contribution in [0.5, 0.6) is 0 Å². The van der Waals surface area contributed by atoms with Gasteiger partial charge in [0, 0.05) is 4.88 Å². The molecule has 74 valence electrons. The second kappa shape index (κ2) is 4.04. The van der Waals surface area contributed by atoms with Crippen LogP contribution in [0.15, 0.2) is 12.1 Å². The van der Waals surface area contributed by atoms with Gasteiger partial charge < -0.3 is 5.73 Å². The lowest BCUT2D eigenvalue weighted by molar-refractivity contribution is 0.624. The second-order valence-electron chi connectivity index (χ2n) is 2.66. The van der Waals surface area contributed by atoms with E-state index in [9.17, 15) is 0 Å². The molecule has 0 aliphatic carbocycles. The van der Waals surface area contributed by atoms with Crippen molar-refractivity contribution in [3.8, 4) is 0 Å². The summed E-state index contributed by atoms with van der Waals surface area (Å²) in [5, 5.41) is 11.2. The van der Waals surface area contributed by atoms with E-state index in [1.54, 1.807) is 4.68 Å². The van der Waals surface area contributed by atoms with Gasteiger partial charge in [-0.3, -0.25) is 0 Å². The maximum atomic E-state index is 5.81. The number of halogens is 1. The van der Waals surface area contributed by atoms with E-state index in [1.165, 1.54) is 11.3 Å². The molecular formula is C7H8ClN5S. The third-order valence-corrected chi connectivity index (χ3v) is 2.94. The molecule has 0 saturated carbocycles. The SMILES string of the molecule is NCc1nnnn1Cc1ccc(Cl)s1. The van der Waals surface area contributed by atoms with Gasteiger partial charge in [-0.25, -0.2) is 4.68 Å². The Morgan fingerprint density at radius 2 is 2.36 bits per heavy atom. The molecule has 0 unspecified atom stereocenters. The molecule has 0 bridgehead atoms. The molecule has 0 aliphatic heterocycles. The summed E-state index contributed by atoms with van der Waals surface area (Å²) in [7, 11) is 0. The van der Waals surface area contributed by atoms with Gasteiger partial charge >= 0.3 is 0 Å². The summed E-state index contributed by atoms with van der Waals surface area (Å²) >= 11 is 7.32. The van der Waals surface area contributed by atoms with Crippen LogP contribution in [0.1, 0.15) is 10.7 Å². The molecule has 2 aromatic rings. The molecule has 0 spiro atoms. The minimum atomic E-state index is 0.339. The summed E-state index contributed by atoms with van der Waals surface area (Å²) in [4.78, 5) is 1.11. The Bertz CT molecular complexity index is 423. The van der Waals surface area contributed by atoms with Crippen molar-refractivity contribution in [2.75, 3.05) is 0 Å². The highest BCUT2D eigenvalue weighted by Gasteiger charge is 2.05. The lowest BCUT2D eigenvalue weighted by Gasteiger charge is -1.99. The van der Waals surface area contributed by atoms with Crippen molar-refractivity contribution >= 4 is 22.9 Å². The first-order chi connectivity index (χ1) is 6.79. The average Bonchev–Trinajstić information content (AvgIpc) is 2.76. The summed E-state index contributed by atoms with van der Waals surface area (Å²) in [6.45, 7) is 0.961. The fraction of sp³-hybridized carbons (Fsp3) is 0.286. The largest absolute Gasteiger partial charge is 0.324 e. The highest BCUT2D eigenvalue weighted by atomic mass is 35.5. The molecule has 0 aromatic carbocycles. The van der Waals surface area contributed by atoms with E-state index in [-0.39, 0.29) is 0 Å². The van der Waals surface area contributed by atoms with Crippen molar-refractivity contribution in [2.24, 2.45) is 5.73 Å². The van der Waals surface area contributed by atoms with Gasteiger partial charge in [-0.2, -0.15) is 0 Å². The van der Waals surface area contributed by atoms with Crippen LogP contribution in [0.3, 0.4) is 0 Å². The van der Waals surface area contributed by atoms with E-state index in [4.69, 9.17) is 17.3 Å². The summed E-state index contributed by atoms with van der Waals surface area (Å²) < 4.78 is 2.43. The molecule has 2 heterocycles. The number of hydrogen-bond donors (Lipinski definition) is 1. The molecule has 0 atom stereocenters. The van der Waals surface area contributed by atoms with Crippen molar-refractivity contribution in [3.05, 3.63) is 27.2 Å². The van der Waals surface area contributed by atoms with Gasteiger partial charge in [-0.05, 0) is 22.6 Å². The predicted octanol–water partition coefficient (Wildman–Crippen LogP) is 0.895. The standard InChI is InChI=1S/C7H8ClN5S/c8-6-2-1-5(14-6)4-13-7(3-9)10-11-12-13/h1-2H,3-4,9H2. The molecule has 2 rings (SSSR count). The zero-order valence-corrected chi connectivity index (χ0v) is 8.79. The van der Waals surface area contributed by atoms with Crippen LogP contribution in [0.25, 0.3) is 0 Å². The Morgan fingerprint density at radius 1 is 1.50 bits per heavy atom. The van der Waals surface area contributed by atoms with Gasteiger partial charge in [0.2, 0.25) is 0 Å². The number of aromatic nitrogens is 4. The average molecular weight is 230 g/mol. The van der Waals surface area contributed by atoms with Crippen molar-refractivity contribution in [1.29, 1.82) is 0 Å². The number of thiophene rings is 1. The molecule has 2 N–H and O–H groups in total. The Kier molecular flexibility index (Phi) is 2.76. The van der Waals surface area contributed by atoms with E-state index >= 15 is 0 Å². The van der Waals surface area contributed by atoms with Crippen molar-refractivity contribution in [1.82, 2.24) is 20.2 Å². The maximum absolute atomic E-state index is 5.81. The van der Waals surface area contributed by atoms with Crippen molar-refractivity contribution in [2.45, 2.75) is 13.1 Å². The summed E-state index contributed by atoms with van der Waals surface area (Å²) in [6, 6.07) is 3.81. The highest BCUT2D eigenvalue weighted by molar-refractivity contribution is 7.16. The first-order valence-corrected chi connectivity index (χ1v) is 5.18. The van der Waals surface area contributed by atoms with E-state index in [2.05, 4.69) is 15.5 Å². The normalized spacial score (nSPS) is 10.7. The molecule has 7 heteroatoms. The smallest absolute Gasteiger partial charge is 0.165 e. The Labute approximate surface area is 89.5 Å². The third-order valence-electron chi connectivity index (χ3n) is 1.72. The van der Waals surface area contributed by atoms with E-state index in [1.807, 2.05) is 12.1 Å². The van der Waals surface area contributed by atoms with E-state index in [0.29, 0.717) is 18.9 Å². The molecule has 0 aliphatic rings. The number of nitrogens with zero attached hydrogens (tertiary/aromatic N) is 4. The van der Waals surface area contributed by atoms with Gasteiger partial charge in [0.1, 0.15) is 0 Å². The summed E-state index contributed by atoms with van der Waals surface area (Å²) in [5.41, 5.74) is 5.47. The third kappa shape index (κ3) is 1.92. The first-order valence-electron chi connectivity index (χ1n) is 3.99. The first kappa shape index (κ1) is 9.57. The van der Waals surface area contributed by atoms with Crippen molar-refractivity contribution in [3.63, 3.8) is 0 Å². The minimum absolute atomic E-state index is 0.339. The zero-order chi connectivity index (χ0) is 9.97. The Hall–Kier alpha value is -0.980. The van der Waals surface area contributed by atoms with Gasteiger partial charge in [0.05, 0.1) is 17.4 Å². The molecule has 0 amide bonds. The van der Waals surface area contributed by atoms with Crippen LogP contribution in [0, 0.1) is 0 Å². The number of hydrogen-bond acceptors (Lipinski definition) is 5. The molecule has 2 aromatic heterocycles. The second-order valence-corrected chi connectivity index (χ2v) is 4.46. The zero-order valence-electron chi connectivity index (χ0n) is 7.22. The van der Waals surface area contributed by atoms with Crippen LogP contribution < -0.4 is 5.73 Å². The fourth-order valence-electron chi connectivity index (χ4n) is 1.08. The fourth-order valence-corrected chi connectivity index (χ4v) is 2.15.